The van der Waals surface area contributed by atoms with Crippen molar-refractivity contribution in [2.24, 2.45) is 45.5 Å². The fraction of sp³-hybridized carbons (Fsp3) is 0.829. The van der Waals surface area contributed by atoms with E-state index in [4.69, 9.17) is 9.98 Å². The Morgan fingerprint density at radius 3 is 1.88 bits per heavy atom. The second-order valence-corrected chi connectivity index (χ2v) is 13.6. The molecule has 3 fully saturated rings. The van der Waals surface area contributed by atoms with Crippen LogP contribution in [0.25, 0.3) is 0 Å². The molecular weight excluding hydrogens is 508 g/mol. The van der Waals surface area contributed by atoms with Gasteiger partial charge in [0.25, 0.3) is 0 Å². The third kappa shape index (κ3) is 8.76. The van der Waals surface area contributed by atoms with Gasteiger partial charge in [-0.25, -0.2) is 0 Å². The highest BCUT2D eigenvalue weighted by Gasteiger charge is 2.40. The minimum absolute atomic E-state index is 0.0454. The first-order valence-electron chi connectivity index (χ1n) is 17.2. The summed E-state index contributed by atoms with van der Waals surface area (Å²) in [7, 11) is 0. The summed E-state index contributed by atoms with van der Waals surface area (Å²) in [5.41, 5.74) is 0.865. The van der Waals surface area contributed by atoms with Crippen molar-refractivity contribution < 1.29 is 10.2 Å². The van der Waals surface area contributed by atoms with Crippen LogP contribution in [0.4, 0.5) is 0 Å². The summed E-state index contributed by atoms with van der Waals surface area (Å²) in [6.45, 7) is 9.75. The standard InChI is InChI=1S/C35H60N4O2/c1-5-26-16-24(17-27(6-2)34(26)36-20-30-11-9-13-32(22-40)38-30)15-25-18-28(7-3)35(29(8-4)19-25)37-21-31-12-10-14-33(23-41)39-31/h9,11,13,20-21,24-31,33-35,38-41H,5-8,10,12,14-19,22-23H2,1-4H3. The van der Waals surface area contributed by atoms with Gasteiger partial charge >= 0.3 is 0 Å². The molecule has 0 bridgehead atoms. The Kier molecular flexibility index (Phi) is 12.9. The molecule has 41 heavy (non-hydrogen) atoms. The van der Waals surface area contributed by atoms with E-state index < -0.39 is 0 Å². The van der Waals surface area contributed by atoms with Gasteiger partial charge in [0.2, 0.25) is 0 Å². The minimum Gasteiger partial charge on any atom is -0.395 e. The molecule has 0 spiro atoms. The fourth-order valence-corrected chi connectivity index (χ4v) is 8.71. The van der Waals surface area contributed by atoms with Gasteiger partial charge in [-0.05, 0) is 93.0 Å². The number of nitrogens with zero attached hydrogens (tertiary/aromatic N) is 2. The lowest BCUT2D eigenvalue weighted by Crippen LogP contribution is -2.45. The summed E-state index contributed by atoms with van der Waals surface area (Å²) in [5.74, 6) is 4.33. The van der Waals surface area contributed by atoms with E-state index in [0.717, 1.165) is 30.4 Å². The fourth-order valence-electron chi connectivity index (χ4n) is 8.71. The van der Waals surface area contributed by atoms with Crippen LogP contribution in [0.15, 0.2) is 33.9 Å². The molecule has 6 nitrogen and oxygen atoms in total. The number of aliphatic hydroxyl groups is 2. The first-order chi connectivity index (χ1) is 20.0. The minimum atomic E-state index is 0.0454. The van der Waals surface area contributed by atoms with Gasteiger partial charge in [-0.3, -0.25) is 9.98 Å². The summed E-state index contributed by atoms with van der Waals surface area (Å²) in [6, 6.07) is 1.50. The lowest BCUT2D eigenvalue weighted by atomic mass is 9.63. The maximum atomic E-state index is 9.60. The highest BCUT2D eigenvalue weighted by Crippen LogP contribution is 2.46. The van der Waals surface area contributed by atoms with Gasteiger partial charge < -0.3 is 20.8 Å². The van der Waals surface area contributed by atoms with Gasteiger partial charge in [0, 0.05) is 30.2 Å². The Bertz CT molecular complexity index is 873. The van der Waals surface area contributed by atoms with Gasteiger partial charge in [0.05, 0.1) is 31.3 Å². The number of dihydropyridines is 1. The molecule has 0 aromatic heterocycles. The largest absolute Gasteiger partial charge is 0.395 e. The van der Waals surface area contributed by atoms with Gasteiger partial charge in [0.1, 0.15) is 0 Å². The van der Waals surface area contributed by atoms with Crippen LogP contribution in [-0.2, 0) is 0 Å². The molecule has 0 amide bonds. The van der Waals surface area contributed by atoms with Crippen LogP contribution in [0.1, 0.15) is 105 Å². The summed E-state index contributed by atoms with van der Waals surface area (Å²) < 4.78 is 0. The van der Waals surface area contributed by atoms with Gasteiger partial charge in [0.15, 0.2) is 0 Å². The van der Waals surface area contributed by atoms with E-state index >= 15 is 0 Å². The second kappa shape index (κ2) is 16.4. The highest BCUT2D eigenvalue weighted by molar-refractivity contribution is 5.68. The lowest BCUT2D eigenvalue weighted by Gasteiger charge is -2.44. The molecule has 232 valence electrons. The topological polar surface area (TPSA) is 89.2 Å². The Hall–Kier alpha value is -1.50. The average Bonchev–Trinajstić information content (AvgIpc) is 3.02. The summed E-state index contributed by atoms with van der Waals surface area (Å²) in [4.78, 5) is 10.5. The molecule has 0 aromatic carbocycles. The molecule has 4 N–H and O–H groups in total. The number of hydrogen-bond acceptors (Lipinski definition) is 6. The third-order valence-corrected chi connectivity index (χ3v) is 11.0. The molecule has 0 aromatic rings. The van der Waals surface area contributed by atoms with E-state index in [1.54, 1.807) is 0 Å². The molecular formula is C35H60N4O2. The molecule has 2 heterocycles. The number of aliphatic hydroxyl groups excluding tert-OH is 2. The highest BCUT2D eigenvalue weighted by atomic mass is 16.3. The Balaban J connectivity index is 1.35. The molecule has 7 atom stereocenters. The molecule has 6 heteroatoms. The monoisotopic (exact) mass is 568 g/mol. The number of piperidine rings is 1. The van der Waals surface area contributed by atoms with Crippen molar-refractivity contribution >= 4 is 12.4 Å². The van der Waals surface area contributed by atoms with Gasteiger partial charge in [-0.1, -0.05) is 65.5 Å². The van der Waals surface area contributed by atoms with E-state index in [1.807, 2.05) is 12.2 Å². The molecule has 2 aliphatic carbocycles. The van der Waals surface area contributed by atoms with Gasteiger partial charge in [-0.15, -0.1) is 0 Å². The first-order valence-corrected chi connectivity index (χ1v) is 17.2. The van der Waals surface area contributed by atoms with E-state index in [9.17, 15) is 10.2 Å². The van der Waals surface area contributed by atoms with Crippen LogP contribution < -0.4 is 10.6 Å². The van der Waals surface area contributed by atoms with Crippen molar-refractivity contribution in [3.8, 4) is 0 Å². The molecule has 2 aliphatic heterocycles. The van der Waals surface area contributed by atoms with E-state index in [0.29, 0.717) is 41.8 Å². The van der Waals surface area contributed by atoms with Crippen molar-refractivity contribution in [1.82, 2.24) is 10.6 Å². The molecule has 4 aliphatic rings. The quantitative estimate of drug-likeness (QED) is 0.215. The van der Waals surface area contributed by atoms with Crippen LogP contribution in [0.3, 0.4) is 0 Å². The molecule has 1 saturated heterocycles. The third-order valence-electron chi connectivity index (χ3n) is 11.0. The molecule has 0 radical (unpaired) electrons. The van der Waals surface area contributed by atoms with Crippen molar-refractivity contribution in [3.05, 3.63) is 23.9 Å². The maximum Gasteiger partial charge on any atom is 0.0827 e. The second-order valence-electron chi connectivity index (χ2n) is 13.6. The van der Waals surface area contributed by atoms with E-state index in [1.165, 1.54) is 64.2 Å². The van der Waals surface area contributed by atoms with Crippen molar-refractivity contribution in [3.63, 3.8) is 0 Å². The predicted octanol–water partition coefficient (Wildman–Crippen LogP) is 6.09. The average molecular weight is 569 g/mol. The smallest absolute Gasteiger partial charge is 0.0827 e. The number of hydrogen-bond donors (Lipinski definition) is 4. The Labute approximate surface area is 250 Å². The zero-order valence-corrected chi connectivity index (χ0v) is 26.4. The lowest BCUT2D eigenvalue weighted by molar-refractivity contribution is 0.0953. The van der Waals surface area contributed by atoms with Crippen molar-refractivity contribution in [1.29, 1.82) is 0 Å². The summed E-state index contributed by atoms with van der Waals surface area (Å²) in [5, 5.41) is 26.1. The zero-order valence-electron chi connectivity index (χ0n) is 26.4. The van der Waals surface area contributed by atoms with Crippen LogP contribution in [0.2, 0.25) is 0 Å². The Morgan fingerprint density at radius 2 is 1.37 bits per heavy atom. The Morgan fingerprint density at radius 1 is 0.805 bits per heavy atom. The molecule has 4 rings (SSSR count). The number of aliphatic imine (C=N–C) groups is 2. The maximum absolute atomic E-state index is 9.60. The number of rotatable bonds is 12. The zero-order chi connectivity index (χ0) is 29.2. The number of allylic oxidation sites excluding steroid dienone is 2. The van der Waals surface area contributed by atoms with Crippen molar-refractivity contribution in [2.75, 3.05) is 13.2 Å². The SMILES string of the molecule is CCC1CC(CC2CC(CC)C(N=CC3CCCC(CO)N3)C(CC)C2)CC(CC)C1N=CC1C=CC=C(CO)N1. The van der Waals surface area contributed by atoms with Crippen LogP contribution in [0, 0.1) is 35.5 Å². The van der Waals surface area contributed by atoms with Crippen LogP contribution in [0.5, 0.6) is 0 Å². The summed E-state index contributed by atoms with van der Waals surface area (Å²) >= 11 is 0. The predicted molar refractivity (Wildman–Crippen MR) is 173 cm³/mol. The van der Waals surface area contributed by atoms with Crippen molar-refractivity contribution in [2.45, 2.75) is 135 Å². The first kappa shape index (κ1) is 32.4. The van der Waals surface area contributed by atoms with E-state index in [-0.39, 0.29) is 25.3 Å². The summed E-state index contributed by atoms with van der Waals surface area (Å²) in [6.07, 6.45) is 25.3. The normalized spacial score (nSPS) is 40.1. The van der Waals surface area contributed by atoms with E-state index in [2.05, 4.69) is 56.8 Å². The van der Waals surface area contributed by atoms with Crippen LogP contribution >= 0.6 is 0 Å². The van der Waals surface area contributed by atoms with Crippen LogP contribution in [-0.4, -0.2) is 66.1 Å². The van der Waals surface area contributed by atoms with Gasteiger partial charge in [-0.2, -0.15) is 0 Å². The number of nitrogens with one attached hydrogen (secondary N) is 2. The molecule has 7 unspecified atom stereocenters. The molecule has 2 saturated carbocycles.